The number of anilines is 1. The molecule has 23 heavy (non-hydrogen) atoms. The second-order valence-electron chi connectivity index (χ2n) is 5.05. The Morgan fingerprint density at radius 1 is 1.30 bits per heavy atom. The minimum Gasteiger partial charge on any atom is -0.345 e. The molecular formula is C14H16ClN3O3S2. The van der Waals surface area contributed by atoms with Gasteiger partial charge in [-0.1, -0.05) is 35.1 Å². The third-order valence-corrected chi connectivity index (χ3v) is 5.01. The van der Waals surface area contributed by atoms with Gasteiger partial charge >= 0.3 is 0 Å². The highest BCUT2D eigenvalue weighted by Crippen LogP contribution is 2.24. The molecule has 0 unspecified atom stereocenters. The first-order chi connectivity index (χ1) is 10.7. The SMILES string of the molecule is Cc1nc(NS(C)(=O)=O)sc1C(=O)N[C@@H](C)c1ccc(Cl)cc1. The third-order valence-electron chi connectivity index (χ3n) is 2.99. The van der Waals surface area contributed by atoms with Crippen LogP contribution in [0.5, 0.6) is 0 Å². The molecule has 1 atom stereocenters. The molecule has 2 N–H and O–H groups in total. The quantitative estimate of drug-likeness (QED) is 0.843. The summed E-state index contributed by atoms with van der Waals surface area (Å²) < 4.78 is 24.7. The number of hydrogen-bond acceptors (Lipinski definition) is 5. The van der Waals surface area contributed by atoms with Crippen LogP contribution in [-0.4, -0.2) is 25.6 Å². The predicted molar refractivity (Wildman–Crippen MR) is 92.7 cm³/mol. The fraction of sp³-hybridized carbons (Fsp3) is 0.286. The molecule has 1 aromatic carbocycles. The van der Waals surface area contributed by atoms with Crippen LogP contribution in [0.25, 0.3) is 0 Å². The highest BCUT2D eigenvalue weighted by atomic mass is 35.5. The summed E-state index contributed by atoms with van der Waals surface area (Å²) in [4.78, 5) is 16.8. The molecule has 0 spiro atoms. The second-order valence-corrected chi connectivity index (χ2v) is 8.24. The van der Waals surface area contributed by atoms with Crippen molar-refractivity contribution in [3.8, 4) is 0 Å². The highest BCUT2D eigenvalue weighted by Gasteiger charge is 2.19. The van der Waals surface area contributed by atoms with Crippen LogP contribution < -0.4 is 10.0 Å². The van der Waals surface area contributed by atoms with Crippen molar-refractivity contribution < 1.29 is 13.2 Å². The minimum absolute atomic E-state index is 0.175. The van der Waals surface area contributed by atoms with Gasteiger partial charge in [-0.2, -0.15) is 0 Å². The molecule has 1 heterocycles. The predicted octanol–water partition coefficient (Wildman–Crippen LogP) is 2.97. The maximum absolute atomic E-state index is 12.4. The number of aromatic nitrogens is 1. The van der Waals surface area contributed by atoms with Gasteiger partial charge in [0.1, 0.15) is 4.88 Å². The number of nitrogens with zero attached hydrogens (tertiary/aromatic N) is 1. The molecule has 6 nitrogen and oxygen atoms in total. The highest BCUT2D eigenvalue weighted by molar-refractivity contribution is 7.92. The van der Waals surface area contributed by atoms with E-state index in [2.05, 4.69) is 15.0 Å². The molecule has 1 amide bonds. The maximum Gasteiger partial charge on any atom is 0.263 e. The zero-order valence-corrected chi connectivity index (χ0v) is 15.1. The molecule has 0 saturated carbocycles. The molecule has 0 bridgehead atoms. The maximum atomic E-state index is 12.4. The van der Waals surface area contributed by atoms with Crippen LogP contribution in [0.3, 0.4) is 0 Å². The van der Waals surface area contributed by atoms with E-state index in [0.717, 1.165) is 23.2 Å². The lowest BCUT2D eigenvalue weighted by Crippen LogP contribution is -2.26. The molecule has 2 aromatic rings. The van der Waals surface area contributed by atoms with Crippen molar-refractivity contribution in [2.24, 2.45) is 0 Å². The van der Waals surface area contributed by atoms with Crippen molar-refractivity contribution in [2.75, 3.05) is 11.0 Å². The van der Waals surface area contributed by atoms with E-state index in [-0.39, 0.29) is 17.1 Å². The van der Waals surface area contributed by atoms with Gasteiger partial charge in [0.25, 0.3) is 5.91 Å². The summed E-state index contributed by atoms with van der Waals surface area (Å²) in [5.41, 5.74) is 1.39. The number of thiazole rings is 1. The zero-order chi connectivity index (χ0) is 17.2. The van der Waals surface area contributed by atoms with Crippen molar-refractivity contribution in [3.63, 3.8) is 0 Å². The van der Waals surface area contributed by atoms with Crippen LogP contribution in [0.2, 0.25) is 5.02 Å². The lowest BCUT2D eigenvalue weighted by atomic mass is 10.1. The van der Waals surface area contributed by atoms with E-state index in [0.29, 0.717) is 15.6 Å². The Labute approximate surface area is 143 Å². The van der Waals surface area contributed by atoms with E-state index in [4.69, 9.17) is 11.6 Å². The van der Waals surface area contributed by atoms with Crippen LogP contribution >= 0.6 is 22.9 Å². The Bertz CT molecular complexity index is 816. The Balaban J connectivity index is 2.13. The van der Waals surface area contributed by atoms with E-state index >= 15 is 0 Å². The summed E-state index contributed by atoms with van der Waals surface area (Å²) in [6, 6.07) is 6.97. The fourth-order valence-corrected chi connectivity index (χ4v) is 3.74. The molecule has 124 valence electrons. The molecule has 0 aliphatic heterocycles. The summed E-state index contributed by atoms with van der Waals surface area (Å²) in [5.74, 6) is -0.302. The number of sulfonamides is 1. The number of amides is 1. The van der Waals surface area contributed by atoms with Gasteiger partial charge in [-0.15, -0.1) is 0 Å². The van der Waals surface area contributed by atoms with Crippen LogP contribution in [0.15, 0.2) is 24.3 Å². The number of carbonyl (C=O) groups is 1. The fourth-order valence-electron chi connectivity index (χ4n) is 1.91. The van der Waals surface area contributed by atoms with Crippen LogP contribution in [0.1, 0.15) is 33.9 Å². The normalized spacial score (nSPS) is 12.7. The number of nitrogens with one attached hydrogen (secondary N) is 2. The van der Waals surface area contributed by atoms with Gasteiger partial charge in [0.15, 0.2) is 5.13 Å². The Morgan fingerprint density at radius 2 is 1.91 bits per heavy atom. The summed E-state index contributed by atoms with van der Waals surface area (Å²) >= 11 is 6.84. The lowest BCUT2D eigenvalue weighted by Gasteiger charge is -2.13. The first kappa shape index (κ1) is 17.7. The summed E-state index contributed by atoms with van der Waals surface area (Å²) in [5, 5.41) is 3.66. The van der Waals surface area contributed by atoms with Gasteiger partial charge in [-0.3, -0.25) is 9.52 Å². The number of benzene rings is 1. The number of carbonyl (C=O) groups excluding carboxylic acids is 1. The molecule has 0 aliphatic rings. The van der Waals surface area contributed by atoms with Crippen molar-refractivity contribution in [2.45, 2.75) is 19.9 Å². The third kappa shape index (κ3) is 4.92. The van der Waals surface area contributed by atoms with Crippen molar-refractivity contribution in [1.29, 1.82) is 0 Å². The van der Waals surface area contributed by atoms with Gasteiger partial charge in [0.05, 0.1) is 18.0 Å². The average molecular weight is 374 g/mol. The van der Waals surface area contributed by atoms with E-state index in [1.807, 2.05) is 19.1 Å². The number of rotatable bonds is 5. The topological polar surface area (TPSA) is 88.2 Å². The summed E-state index contributed by atoms with van der Waals surface area (Å²) in [6.45, 7) is 3.51. The Hall–Kier alpha value is -1.64. The van der Waals surface area contributed by atoms with Gasteiger partial charge in [-0.25, -0.2) is 13.4 Å². The van der Waals surface area contributed by atoms with Gasteiger partial charge in [0, 0.05) is 5.02 Å². The molecule has 9 heteroatoms. The molecule has 0 fully saturated rings. The second kappa shape index (κ2) is 6.86. The molecule has 2 rings (SSSR count). The minimum atomic E-state index is -3.42. The molecular weight excluding hydrogens is 358 g/mol. The van der Waals surface area contributed by atoms with Crippen LogP contribution in [0, 0.1) is 6.92 Å². The van der Waals surface area contributed by atoms with Crippen LogP contribution in [-0.2, 0) is 10.0 Å². The van der Waals surface area contributed by atoms with E-state index in [9.17, 15) is 13.2 Å². The molecule has 0 radical (unpaired) electrons. The zero-order valence-electron chi connectivity index (χ0n) is 12.8. The first-order valence-electron chi connectivity index (χ1n) is 6.67. The molecule has 1 aromatic heterocycles. The molecule has 0 saturated heterocycles. The number of halogens is 1. The average Bonchev–Trinajstić information content (AvgIpc) is 2.77. The van der Waals surface area contributed by atoms with Crippen molar-refractivity contribution in [1.82, 2.24) is 10.3 Å². The number of aryl methyl sites for hydroxylation is 1. The van der Waals surface area contributed by atoms with Gasteiger partial charge in [-0.05, 0) is 31.5 Å². The van der Waals surface area contributed by atoms with Crippen molar-refractivity contribution in [3.05, 3.63) is 45.4 Å². The standard InChI is InChI=1S/C14H16ClN3O3S2/c1-8(10-4-6-11(15)7-5-10)16-13(19)12-9(2)17-14(22-12)18-23(3,20)21/h4-8H,1-3H3,(H,16,19)(H,17,18)/t8-/m0/s1. The monoisotopic (exact) mass is 373 g/mol. The van der Waals surface area contributed by atoms with E-state index in [1.165, 1.54) is 0 Å². The first-order valence-corrected chi connectivity index (χ1v) is 9.76. The largest absolute Gasteiger partial charge is 0.345 e. The van der Waals surface area contributed by atoms with Gasteiger partial charge in [0.2, 0.25) is 10.0 Å². The van der Waals surface area contributed by atoms with Crippen molar-refractivity contribution >= 4 is 44.0 Å². The molecule has 0 aliphatic carbocycles. The Kier molecular flexibility index (Phi) is 5.28. The summed E-state index contributed by atoms with van der Waals surface area (Å²) in [7, 11) is -3.42. The van der Waals surface area contributed by atoms with Crippen LogP contribution in [0.4, 0.5) is 5.13 Å². The summed E-state index contributed by atoms with van der Waals surface area (Å²) in [6.07, 6.45) is 1.03. The van der Waals surface area contributed by atoms with E-state index < -0.39 is 10.0 Å². The lowest BCUT2D eigenvalue weighted by molar-refractivity contribution is 0.0943. The van der Waals surface area contributed by atoms with E-state index in [1.54, 1.807) is 19.1 Å². The smallest absolute Gasteiger partial charge is 0.263 e. The Morgan fingerprint density at radius 3 is 2.48 bits per heavy atom. The van der Waals surface area contributed by atoms with Gasteiger partial charge < -0.3 is 5.32 Å². The number of hydrogen-bond donors (Lipinski definition) is 2.